The molecule has 1 aliphatic carbocycles. The lowest BCUT2D eigenvalue weighted by Gasteiger charge is -2.15. The highest BCUT2D eigenvalue weighted by Crippen LogP contribution is 2.46. The first-order valence-electron chi connectivity index (χ1n) is 5.19. The standard InChI is InChI=1S/C10H15N3S/c1-6-9(3-11)14-10(12-6)13-4-7-2-8(7)5-13/h7-8H,2-5,11H2,1H3. The van der Waals surface area contributed by atoms with Crippen molar-refractivity contribution in [2.24, 2.45) is 17.6 Å². The smallest absolute Gasteiger partial charge is 0.185 e. The summed E-state index contributed by atoms with van der Waals surface area (Å²) in [5, 5.41) is 1.19. The average Bonchev–Trinajstić information content (AvgIpc) is 2.62. The number of fused-ring (bicyclic) bond motifs is 1. The van der Waals surface area contributed by atoms with Crippen LogP contribution in [0.25, 0.3) is 0 Å². The minimum absolute atomic E-state index is 0.629. The summed E-state index contributed by atoms with van der Waals surface area (Å²) in [7, 11) is 0. The van der Waals surface area contributed by atoms with E-state index in [4.69, 9.17) is 5.73 Å². The molecule has 1 aliphatic heterocycles. The summed E-state index contributed by atoms with van der Waals surface area (Å²) >= 11 is 1.77. The van der Waals surface area contributed by atoms with Crippen molar-refractivity contribution in [2.75, 3.05) is 18.0 Å². The molecular weight excluding hydrogens is 194 g/mol. The van der Waals surface area contributed by atoms with Crippen molar-refractivity contribution in [3.8, 4) is 0 Å². The van der Waals surface area contributed by atoms with Crippen LogP contribution in [0.4, 0.5) is 5.13 Å². The highest BCUT2D eigenvalue weighted by molar-refractivity contribution is 7.15. The van der Waals surface area contributed by atoms with E-state index in [1.54, 1.807) is 11.3 Å². The second-order valence-electron chi connectivity index (χ2n) is 4.37. The molecule has 0 spiro atoms. The Hall–Kier alpha value is -0.610. The van der Waals surface area contributed by atoms with E-state index in [-0.39, 0.29) is 0 Å². The summed E-state index contributed by atoms with van der Waals surface area (Å²) in [4.78, 5) is 8.25. The average molecular weight is 209 g/mol. The molecule has 2 N–H and O–H groups in total. The van der Waals surface area contributed by atoms with Gasteiger partial charge in [-0.05, 0) is 25.2 Å². The van der Waals surface area contributed by atoms with Crippen LogP contribution < -0.4 is 10.6 Å². The van der Waals surface area contributed by atoms with Crippen molar-refractivity contribution in [2.45, 2.75) is 19.9 Å². The predicted octanol–water partition coefficient (Wildman–Crippen LogP) is 1.37. The SMILES string of the molecule is Cc1nc(N2CC3CC3C2)sc1CN. The van der Waals surface area contributed by atoms with Crippen molar-refractivity contribution in [3.05, 3.63) is 10.6 Å². The Kier molecular flexibility index (Phi) is 1.82. The van der Waals surface area contributed by atoms with E-state index >= 15 is 0 Å². The minimum Gasteiger partial charge on any atom is -0.348 e. The van der Waals surface area contributed by atoms with E-state index < -0.39 is 0 Å². The van der Waals surface area contributed by atoms with Crippen molar-refractivity contribution in [3.63, 3.8) is 0 Å². The Bertz CT molecular complexity index is 350. The molecule has 0 amide bonds. The van der Waals surface area contributed by atoms with E-state index in [0.29, 0.717) is 6.54 Å². The molecule has 0 bridgehead atoms. The van der Waals surface area contributed by atoms with E-state index in [9.17, 15) is 0 Å². The Morgan fingerprint density at radius 1 is 1.50 bits per heavy atom. The molecule has 2 heterocycles. The fourth-order valence-corrected chi connectivity index (χ4v) is 3.25. The van der Waals surface area contributed by atoms with Gasteiger partial charge in [0.2, 0.25) is 0 Å². The van der Waals surface area contributed by atoms with Gasteiger partial charge in [-0.2, -0.15) is 0 Å². The van der Waals surface area contributed by atoms with Crippen molar-refractivity contribution >= 4 is 16.5 Å². The number of aryl methyl sites for hydroxylation is 1. The third-order valence-electron chi connectivity index (χ3n) is 3.32. The van der Waals surface area contributed by atoms with Crippen LogP contribution in [0.1, 0.15) is 17.0 Å². The maximum Gasteiger partial charge on any atom is 0.185 e. The minimum atomic E-state index is 0.629. The van der Waals surface area contributed by atoms with E-state index in [0.717, 1.165) is 17.5 Å². The van der Waals surface area contributed by atoms with Crippen molar-refractivity contribution in [1.29, 1.82) is 0 Å². The summed E-state index contributed by atoms with van der Waals surface area (Å²) in [5.74, 6) is 1.95. The molecule has 2 fully saturated rings. The fraction of sp³-hybridized carbons (Fsp3) is 0.700. The molecule has 1 aromatic heterocycles. The molecular formula is C10H15N3S. The second-order valence-corrected chi connectivity index (χ2v) is 5.43. The van der Waals surface area contributed by atoms with E-state index in [2.05, 4.69) is 16.8 Å². The van der Waals surface area contributed by atoms with Crippen LogP contribution in [0.15, 0.2) is 0 Å². The molecule has 14 heavy (non-hydrogen) atoms. The number of nitrogens with zero attached hydrogens (tertiary/aromatic N) is 2. The van der Waals surface area contributed by atoms with E-state index in [1.807, 2.05) is 0 Å². The summed E-state index contributed by atoms with van der Waals surface area (Å²) in [6.07, 6.45) is 1.45. The van der Waals surface area contributed by atoms with Gasteiger partial charge in [0.25, 0.3) is 0 Å². The van der Waals surface area contributed by atoms with Crippen molar-refractivity contribution in [1.82, 2.24) is 4.98 Å². The molecule has 76 valence electrons. The number of hydrogen-bond donors (Lipinski definition) is 1. The summed E-state index contributed by atoms with van der Waals surface area (Å²) in [6, 6.07) is 0. The van der Waals surface area contributed by atoms with Gasteiger partial charge in [0.1, 0.15) is 0 Å². The van der Waals surface area contributed by atoms with Gasteiger partial charge < -0.3 is 10.6 Å². The monoisotopic (exact) mass is 209 g/mol. The Labute approximate surface area is 87.9 Å². The van der Waals surface area contributed by atoms with Crippen LogP contribution in [0.3, 0.4) is 0 Å². The zero-order valence-electron chi connectivity index (χ0n) is 8.36. The molecule has 4 heteroatoms. The lowest BCUT2D eigenvalue weighted by atomic mass is 10.4. The number of hydrogen-bond acceptors (Lipinski definition) is 4. The third kappa shape index (κ3) is 1.25. The van der Waals surface area contributed by atoms with Gasteiger partial charge in [0.15, 0.2) is 5.13 Å². The third-order valence-corrected chi connectivity index (χ3v) is 4.56. The molecule has 2 unspecified atom stereocenters. The van der Waals surface area contributed by atoms with Crippen LogP contribution in [0.5, 0.6) is 0 Å². The number of piperidine rings is 1. The van der Waals surface area contributed by atoms with Gasteiger partial charge in [0, 0.05) is 24.5 Å². The maximum absolute atomic E-state index is 5.65. The molecule has 0 aromatic carbocycles. The van der Waals surface area contributed by atoms with Crippen LogP contribution in [-0.2, 0) is 6.54 Å². The van der Waals surface area contributed by atoms with Crippen molar-refractivity contribution < 1.29 is 0 Å². The van der Waals surface area contributed by atoms with E-state index in [1.165, 1.54) is 29.5 Å². The largest absolute Gasteiger partial charge is 0.348 e. The van der Waals surface area contributed by atoms with Gasteiger partial charge in [-0.3, -0.25) is 0 Å². The first kappa shape index (κ1) is 8.68. The quantitative estimate of drug-likeness (QED) is 0.800. The van der Waals surface area contributed by atoms with Gasteiger partial charge in [0.05, 0.1) is 5.69 Å². The fourth-order valence-electron chi connectivity index (χ4n) is 2.29. The number of rotatable bonds is 2. The first-order chi connectivity index (χ1) is 6.78. The van der Waals surface area contributed by atoms with Gasteiger partial charge in [-0.25, -0.2) is 4.98 Å². The maximum atomic E-state index is 5.65. The van der Waals surface area contributed by atoms with Crippen LogP contribution in [0, 0.1) is 18.8 Å². The normalized spacial score (nSPS) is 29.4. The molecule has 3 rings (SSSR count). The Morgan fingerprint density at radius 3 is 2.79 bits per heavy atom. The molecule has 2 atom stereocenters. The van der Waals surface area contributed by atoms with Gasteiger partial charge in [-0.15, -0.1) is 11.3 Å². The summed E-state index contributed by atoms with van der Waals surface area (Å²) < 4.78 is 0. The first-order valence-corrected chi connectivity index (χ1v) is 6.01. The highest BCUT2D eigenvalue weighted by Gasteiger charge is 2.45. The lowest BCUT2D eigenvalue weighted by Crippen LogP contribution is -2.21. The molecule has 1 aromatic rings. The summed E-state index contributed by atoms with van der Waals surface area (Å²) in [6.45, 7) is 5.13. The highest BCUT2D eigenvalue weighted by atomic mass is 32.1. The Balaban J connectivity index is 1.82. The van der Waals surface area contributed by atoms with Gasteiger partial charge >= 0.3 is 0 Å². The number of thiazole rings is 1. The predicted molar refractivity (Wildman–Crippen MR) is 58.6 cm³/mol. The van der Waals surface area contributed by atoms with Crippen LogP contribution in [0.2, 0.25) is 0 Å². The molecule has 1 saturated heterocycles. The lowest BCUT2D eigenvalue weighted by molar-refractivity contribution is 0.814. The number of nitrogens with two attached hydrogens (primary N) is 1. The van der Waals surface area contributed by atoms with Gasteiger partial charge in [-0.1, -0.05) is 0 Å². The van der Waals surface area contributed by atoms with Crippen LogP contribution >= 0.6 is 11.3 Å². The topological polar surface area (TPSA) is 42.2 Å². The van der Waals surface area contributed by atoms with Crippen LogP contribution in [-0.4, -0.2) is 18.1 Å². The molecule has 3 nitrogen and oxygen atoms in total. The molecule has 1 saturated carbocycles. The number of anilines is 1. The number of aromatic nitrogens is 1. The summed E-state index contributed by atoms with van der Waals surface area (Å²) in [5.41, 5.74) is 6.77. The molecule has 2 aliphatic rings. The Morgan fingerprint density at radius 2 is 2.21 bits per heavy atom. The molecule has 0 radical (unpaired) electrons. The zero-order valence-corrected chi connectivity index (χ0v) is 9.18. The zero-order chi connectivity index (χ0) is 9.71. The second kappa shape index (κ2) is 2.94.